The van der Waals surface area contributed by atoms with E-state index in [0.717, 1.165) is 17.9 Å². The predicted molar refractivity (Wildman–Crippen MR) is 54.7 cm³/mol. The summed E-state index contributed by atoms with van der Waals surface area (Å²) in [6, 6.07) is 0. The first-order valence-corrected chi connectivity index (χ1v) is 4.84. The van der Waals surface area contributed by atoms with E-state index in [1.54, 1.807) is 0 Å². The van der Waals surface area contributed by atoms with Gasteiger partial charge >= 0.3 is 0 Å². The zero-order valence-electron chi connectivity index (χ0n) is 8.34. The third kappa shape index (κ3) is 2.23. The van der Waals surface area contributed by atoms with Crippen molar-refractivity contribution in [3.05, 3.63) is 16.7 Å². The van der Waals surface area contributed by atoms with Crippen LogP contribution in [0.25, 0.3) is 0 Å². The Morgan fingerprint density at radius 3 is 2.54 bits per heavy atom. The first-order valence-electron chi connectivity index (χ1n) is 4.46. The van der Waals surface area contributed by atoms with Crippen LogP contribution in [0.2, 0.25) is 5.15 Å². The molecule has 74 valence electrons. The second-order valence-electron chi connectivity index (χ2n) is 3.63. The lowest BCUT2D eigenvalue weighted by Gasteiger charge is -2.05. The van der Waals surface area contributed by atoms with Gasteiger partial charge in [0.05, 0.1) is 5.69 Å². The molecule has 0 aliphatic heterocycles. The number of halogens is 1. The van der Waals surface area contributed by atoms with Gasteiger partial charge in [-0.3, -0.25) is 0 Å². The molecule has 2 N–H and O–H groups in total. The molecular formula is C9H16ClN3. The van der Waals surface area contributed by atoms with Crippen LogP contribution in [0.1, 0.15) is 25.4 Å². The third-order valence-corrected chi connectivity index (χ3v) is 2.34. The van der Waals surface area contributed by atoms with Gasteiger partial charge in [0.1, 0.15) is 5.82 Å². The molecule has 1 aromatic rings. The Bertz CT molecular complexity index is 291. The van der Waals surface area contributed by atoms with E-state index < -0.39 is 0 Å². The van der Waals surface area contributed by atoms with Crippen molar-refractivity contribution in [1.29, 1.82) is 0 Å². The van der Waals surface area contributed by atoms with Crippen LogP contribution in [-0.2, 0) is 20.0 Å². The van der Waals surface area contributed by atoms with Gasteiger partial charge in [-0.2, -0.15) is 0 Å². The minimum atomic E-state index is 0.445. The van der Waals surface area contributed by atoms with E-state index in [1.165, 1.54) is 0 Å². The molecule has 1 heterocycles. The van der Waals surface area contributed by atoms with Gasteiger partial charge < -0.3 is 10.3 Å². The maximum absolute atomic E-state index is 5.92. The number of hydrogen-bond donors (Lipinski definition) is 1. The molecule has 0 aromatic carbocycles. The summed E-state index contributed by atoms with van der Waals surface area (Å²) in [5, 5.41) is 0.542. The highest BCUT2D eigenvalue weighted by molar-refractivity contribution is 6.30. The van der Waals surface area contributed by atoms with Crippen LogP contribution in [0.15, 0.2) is 0 Å². The fraction of sp³-hybridized carbons (Fsp3) is 0.667. The molecule has 3 nitrogen and oxygen atoms in total. The van der Waals surface area contributed by atoms with Crippen molar-refractivity contribution in [2.75, 3.05) is 0 Å². The molecule has 4 heteroatoms. The zero-order chi connectivity index (χ0) is 10.0. The van der Waals surface area contributed by atoms with Crippen LogP contribution in [0, 0.1) is 5.92 Å². The van der Waals surface area contributed by atoms with Gasteiger partial charge in [0.15, 0.2) is 5.15 Å². The number of hydrogen-bond acceptors (Lipinski definition) is 2. The normalized spacial score (nSPS) is 11.2. The second-order valence-corrected chi connectivity index (χ2v) is 3.98. The average molecular weight is 202 g/mol. The van der Waals surface area contributed by atoms with E-state index in [4.69, 9.17) is 17.3 Å². The lowest BCUT2D eigenvalue weighted by molar-refractivity contribution is 0.597. The van der Waals surface area contributed by atoms with Crippen LogP contribution < -0.4 is 5.73 Å². The minimum Gasteiger partial charge on any atom is -0.333 e. The molecule has 0 unspecified atom stereocenters. The summed E-state index contributed by atoms with van der Waals surface area (Å²) in [4.78, 5) is 4.27. The number of aromatic nitrogens is 2. The Hall–Kier alpha value is -0.540. The topological polar surface area (TPSA) is 43.8 Å². The second kappa shape index (κ2) is 4.11. The van der Waals surface area contributed by atoms with E-state index in [9.17, 15) is 0 Å². The zero-order valence-corrected chi connectivity index (χ0v) is 9.10. The molecule has 0 radical (unpaired) electrons. The van der Waals surface area contributed by atoms with Crippen LogP contribution in [0.5, 0.6) is 0 Å². The molecule has 0 aliphatic rings. The molecule has 0 atom stereocenters. The van der Waals surface area contributed by atoms with E-state index in [0.29, 0.717) is 17.6 Å². The number of imidazole rings is 1. The van der Waals surface area contributed by atoms with Crippen LogP contribution in [0.3, 0.4) is 0 Å². The van der Waals surface area contributed by atoms with E-state index in [1.807, 2.05) is 11.6 Å². The monoisotopic (exact) mass is 201 g/mol. The summed E-state index contributed by atoms with van der Waals surface area (Å²) in [7, 11) is 1.96. The lowest BCUT2D eigenvalue weighted by atomic mass is 10.1. The molecule has 13 heavy (non-hydrogen) atoms. The van der Waals surface area contributed by atoms with E-state index in [-0.39, 0.29) is 0 Å². The van der Waals surface area contributed by atoms with Gasteiger partial charge in [-0.15, -0.1) is 0 Å². The molecule has 0 fully saturated rings. The first-order chi connectivity index (χ1) is 6.06. The maximum atomic E-state index is 5.92. The SMILES string of the molecule is CC(C)Cc1nc(Cl)c(CN)n1C. The first kappa shape index (κ1) is 10.5. The number of nitrogens with two attached hydrogens (primary N) is 1. The predicted octanol–water partition coefficient (Wildman–Crippen LogP) is 1.73. The van der Waals surface area contributed by atoms with Crippen molar-refractivity contribution in [3.8, 4) is 0 Å². The highest BCUT2D eigenvalue weighted by Gasteiger charge is 2.11. The number of rotatable bonds is 3. The summed E-state index contributed by atoms with van der Waals surface area (Å²) < 4.78 is 1.99. The Morgan fingerprint density at radius 1 is 1.54 bits per heavy atom. The van der Waals surface area contributed by atoms with Crippen molar-refractivity contribution < 1.29 is 0 Å². The quantitative estimate of drug-likeness (QED) is 0.810. The highest BCUT2D eigenvalue weighted by Crippen LogP contribution is 2.17. The molecule has 0 aliphatic carbocycles. The van der Waals surface area contributed by atoms with Crippen molar-refractivity contribution in [3.63, 3.8) is 0 Å². The van der Waals surface area contributed by atoms with Gasteiger partial charge in [-0.1, -0.05) is 25.4 Å². The van der Waals surface area contributed by atoms with Gasteiger partial charge in [0, 0.05) is 20.0 Å². The molecule has 1 aromatic heterocycles. The Kier molecular flexibility index (Phi) is 3.33. The Balaban J connectivity index is 2.96. The molecule has 0 bridgehead atoms. The fourth-order valence-corrected chi connectivity index (χ4v) is 1.62. The van der Waals surface area contributed by atoms with Crippen molar-refractivity contribution in [2.45, 2.75) is 26.8 Å². The summed E-state index contributed by atoms with van der Waals surface area (Å²) >= 11 is 5.92. The lowest BCUT2D eigenvalue weighted by Crippen LogP contribution is -2.08. The largest absolute Gasteiger partial charge is 0.333 e. The average Bonchev–Trinajstić information content (AvgIpc) is 2.26. The van der Waals surface area contributed by atoms with Crippen LogP contribution in [0.4, 0.5) is 0 Å². The molecule has 0 saturated carbocycles. The Morgan fingerprint density at radius 2 is 2.15 bits per heavy atom. The van der Waals surface area contributed by atoms with Gasteiger partial charge in [0.25, 0.3) is 0 Å². The van der Waals surface area contributed by atoms with Gasteiger partial charge in [-0.05, 0) is 5.92 Å². The van der Waals surface area contributed by atoms with E-state index >= 15 is 0 Å². The van der Waals surface area contributed by atoms with Gasteiger partial charge in [0.2, 0.25) is 0 Å². The molecule has 1 rings (SSSR count). The van der Waals surface area contributed by atoms with E-state index in [2.05, 4.69) is 18.8 Å². The smallest absolute Gasteiger partial charge is 0.151 e. The summed E-state index contributed by atoms with van der Waals surface area (Å²) in [6.07, 6.45) is 0.941. The molecule has 0 saturated heterocycles. The van der Waals surface area contributed by atoms with Crippen LogP contribution >= 0.6 is 11.6 Å². The van der Waals surface area contributed by atoms with Crippen molar-refractivity contribution in [1.82, 2.24) is 9.55 Å². The van der Waals surface area contributed by atoms with Crippen molar-refractivity contribution >= 4 is 11.6 Å². The summed E-state index contributed by atoms with van der Waals surface area (Å²) in [5.74, 6) is 1.60. The maximum Gasteiger partial charge on any atom is 0.151 e. The number of nitrogens with zero attached hydrogens (tertiary/aromatic N) is 2. The highest BCUT2D eigenvalue weighted by atomic mass is 35.5. The van der Waals surface area contributed by atoms with Crippen LogP contribution in [-0.4, -0.2) is 9.55 Å². The standard InChI is InChI=1S/C9H16ClN3/c1-6(2)4-8-12-9(10)7(5-11)13(8)3/h6H,4-5,11H2,1-3H3. The summed E-state index contributed by atoms with van der Waals surface area (Å²) in [6.45, 7) is 4.76. The Labute approximate surface area is 83.9 Å². The molecular weight excluding hydrogens is 186 g/mol. The third-order valence-electron chi connectivity index (χ3n) is 2.04. The van der Waals surface area contributed by atoms with Crippen molar-refractivity contribution in [2.24, 2.45) is 18.7 Å². The molecule has 0 amide bonds. The van der Waals surface area contributed by atoms with Gasteiger partial charge in [-0.25, -0.2) is 4.98 Å². The molecule has 0 spiro atoms. The summed E-state index contributed by atoms with van der Waals surface area (Å²) in [5.41, 5.74) is 6.46. The minimum absolute atomic E-state index is 0.445. The fourth-order valence-electron chi connectivity index (χ4n) is 1.32.